The normalized spacial score (nSPS) is 10.8. The van der Waals surface area contributed by atoms with Crippen molar-refractivity contribution in [3.8, 4) is 23.0 Å². The maximum absolute atomic E-state index is 11.5. The molecule has 0 aliphatic heterocycles. The van der Waals surface area contributed by atoms with Crippen LogP contribution in [0.1, 0.15) is 24.1 Å². The standard InChI is InChI=1S/C19H21N3O4S/c1-5-25-15-7-6-13(9-16(15)24-4)18-21-14(12(3)26-18)10-27-19-20-11(2)8-17(23)22-19/h6-9H,5,10H2,1-4H3,(H,20,22,23). The number of aromatic nitrogens is 3. The lowest BCUT2D eigenvalue weighted by Gasteiger charge is -2.09. The first-order valence-electron chi connectivity index (χ1n) is 8.48. The molecule has 0 fully saturated rings. The summed E-state index contributed by atoms with van der Waals surface area (Å²) in [6.45, 7) is 6.14. The second-order valence-electron chi connectivity index (χ2n) is 5.80. The van der Waals surface area contributed by atoms with Gasteiger partial charge in [0.15, 0.2) is 16.7 Å². The molecule has 0 amide bonds. The quantitative estimate of drug-likeness (QED) is 0.488. The van der Waals surface area contributed by atoms with Crippen LogP contribution in [-0.2, 0) is 5.75 Å². The largest absolute Gasteiger partial charge is 0.493 e. The minimum absolute atomic E-state index is 0.163. The lowest BCUT2D eigenvalue weighted by atomic mass is 10.2. The van der Waals surface area contributed by atoms with Gasteiger partial charge in [-0.05, 0) is 39.0 Å². The molecule has 0 aliphatic rings. The average molecular weight is 387 g/mol. The summed E-state index contributed by atoms with van der Waals surface area (Å²) in [5, 5.41) is 0.562. The van der Waals surface area contributed by atoms with Crippen molar-refractivity contribution in [1.82, 2.24) is 15.0 Å². The monoisotopic (exact) mass is 387 g/mol. The number of methoxy groups -OCH3 is 1. The van der Waals surface area contributed by atoms with Crippen molar-refractivity contribution in [3.63, 3.8) is 0 Å². The molecule has 1 N–H and O–H groups in total. The van der Waals surface area contributed by atoms with Crippen molar-refractivity contribution in [2.75, 3.05) is 13.7 Å². The zero-order valence-electron chi connectivity index (χ0n) is 15.7. The van der Waals surface area contributed by atoms with E-state index in [4.69, 9.17) is 13.9 Å². The van der Waals surface area contributed by atoms with Gasteiger partial charge in [0.2, 0.25) is 5.89 Å². The Balaban J connectivity index is 1.80. The Hall–Kier alpha value is -2.74. The molecule has 27 heavy (non-hydrogen) atoms. The van der Waals surface area contributed by atoms with Gasteiger partial charge < -0.3 is 18.9 Å². The predicted molar refractivity (Wildman–Crippen MR) is 104 cm³/mol. The zero-order chi connectivity index (χ0) is 19.4. The van der Waals surface area contributed by atoms with Crippen LogP contribution in [-0.4, -0.2) is 28.7 Å². The SMILES string of the molecule is CCOc1ccc(-c2nc(CSc3nc(C)cc(=O)[nH]3)c(C)o2)cc1OC. The summed E-state index contributed by atoms with van der Waals surface area (Å²) in [5.74, 6) is 3.08. The Labute approximate surface area is 161 Å². The zero-order valence-corrected chi connectivity index (χ0v) is 16.5. The number of nitrogens with one attached hydrogen (secondary N) is 1. The van der Waals surface area contributed by atoms with Crippen molar-refractivity contribution in [3.05, 3.63) is 51.8 Å². The van der Waals surface area contributed by atoms with Crippen LogP contribution in [0, 0.1) is 13.8 Å². The number of H-pyrrole nitrogens is 1. The number of ether oxygens (including phenoxy) is 2. The third-order valence-corrected chi connectivity index (χ3v) is 4.68. The molecule has 0 saturated heterocycles. The predicted octanol–water partition coefficient (Wildman–Crippen LogP) is 3.74. The average Bonchev–Trinajstić information content (AvgIpc) is 3.00. The van der Waals surface area contributed by atoms with Crippen molar-refractivity contribution in [1.29, 1.82) is 0 Å². The molecule has 2 heterocycles. The molecule has 3 aromatic rings. The van der Waals surface area contributed by atoms with Gasteiger partial charge in [0.05, 0.1) is 19.4 Å². The number of oxazole rings is 1. The number of aryl methyl sites for hydroxylation is 2. The highest BCUT2D eigenvalue weighted by molar-refractivity contribution is 7.98. The van der Waals surface area contributed by atoms with E-state index in [9.17, 15) is 4.79 Å². The highest BCUT2D eigenvalue weighted by Gasteiger charge is 2.15. The maximum atomic E-state index is 11.5. The van der Waals surface area contributed by atoms with Crippen LogP contribution in [0.25, 0.3) is 11.5 Å². The first kappa shape index (κ1) is 19.0. The number of thioether (sulfide) groups is 1. The molecule has 0 saturated carbocycles. The third kappa shape index (κ3) is 4.51. The van der Waals surface area contributed by atoms with Crippen molar-refractivity contribution in [2.24, 2.45) is 0 Å². The molecule has 0 bridgehead atoms. The fourth-order valence-electron chi connectivity index (χ4n) is 2.52. The van der Waals surface area contributed by atoms with E-state index in [0.29, 0.717) is 40.6 Å². The Morgan fingerprint density at radius 3 is 2.70 bits per heavy atom. The van der Waals surface area contributed by atoms with Gasteiger partial charge in [0.25, 0.3) is 5.56 Å². The van der Waals surface area contributed by atoms with Crippen molar-refractivity contribution in [2.45, 2.75) is 31.7 Å². The molecular weight excluding hydrogens is 366 g/mol. The van der Waals surface area contributed by atoms with Crippen molar-refractivity contribution < 1.29 is 13.9 Å². The van der Waals surface area contributed by atoms with E-state index in [1.54, 1.807) is 14.0 Å². The van der Waals surface area contributed by atoms with Crippen LogP contribution in [0.3, 0.4) is 0 Å². The maximum Gasteiger partial charge on any atom is 0.251 e. The van der Waals surface area contributed by atoms with Gasteiger partial charge in [-0.3, -0.25) is 4.79 Å². The van der Waals surface area contributed by atoms with E-state index < -0.39 is 0 Å². The van der Waals surface area contributed by atoms with E-state index in [1.807, 2.05) is 32.0 Å². The molecule has 0 aliphatic carbocycles. The fraction of sp³-hybridized carbons (Fsp3) is 0.316. The minimum Gasteiger partial charge on any atom is -0.493 e. The number of benzene rings is 1. The summed E-state index contributed by atoms with van der Waals surface area (Å²) in [4.78, 5) is 23.2. The van der Waals surface area contributed by atoms with Gasteiger partial charge >= 0.3 is 0 Å². The van der Waals surface area contributed by atoms with Crippen LogP contribution in [0.15, 0.2) is 38.6 Å². The van der Waals surface area contributed by atoms with E-state index in [1.165, 1.54) is 17.8 Å². The number of nitrogens with zero attached hydrogens (tertiary/aromatic N) is 2. The second-order valence-corrected chi connectivity index (χ2v) is 6.77. The molecule has 0 unspecified atom stereocenters. The van der Waals surface area contributed by atoms with Crippen LogP contribution in [0.4, 0.5) is 0 Å². The molecule has 142 valence electrons. The molecule has 0 radical (unpaired) electrons. The van der Waals surface area contributed by atoms with Gasteiger partial charge in [0.1, 0.15) is 5.76 Å². The third-order valence-electron chi connectivity index (χ3n) is 3.80. The van der Waals surface area contributed by atoms with Gasteiger partial charge in [-0.25, -0.2) is 9.97 Å². The molecule has 0 atom stereocenters. The van der Waals surface area contributed by atoms with Crippen LogP contribution in [0.5, 0.6) is 11.5 Å². The van der Waals surface area contributed by atoms with Gasteiger partial charge in [0, 0.05) is 23.1 Å². The first-order chi connectivity index (χ1) is 13.0. The second kappa shape index (κ2) is 8.30. The van der Waals surface area contributed by atoms with Gasteiger partial charge in [-0.2, -0.15) is 0 Å². The highest BCUT2D eigenvalue weighted by atomic mass is 32.2. The van der Waals surface area contributed by atoms with E-state index in [-0.39, 0.29) is 5.56 Å². The Morgan fingerprint density at radius 1 is 1.19 bits per heavy atom. The highest BCUT2D eigenvalue weighted by Crippen LogP contribution is 2.33. The molecule has 7 nitrogen and oxygen atoms in total. The summed E-state index contributed by atoms with van der Waals surface area (Å²) < 4.78 is 16.7. The van der Waals surface area contributed by atoms with Crippen LogP contribution in [0.2, 0.25) is 0 Å². The lowest BCUT2D eigenvalue weighted by Crippen LogP contribution is -2.08. The fourth-order valence-corrected chi connectivity index (χ4v) is 3.44. The summed E-state index contributed by atoms with van der Waals surface area (Å²) in [7, 11) is 1.60. The Bertz CT molecular complexity index is 997. The number of hydrogen-bond acceptors (Lipinski definition) is 7. The van der Waals surface area contributed by atoms with Crippen molar-refractivity contribution >= 4 is 11.8 Å². The molecule has 8 heteroatoms. The molecule has 0 spiro atoms. The summed E-state index contributed by atoms with van der Waals surface area (Å²) in [6, 6.07) is 7.03. The van der Waals surface area contributed by atoms with Gasteiger partial charge in [-0.15, -0.1) is 0 Å². The Kier molecular flexibility index (Phi) is 5.85. The number of aromatic amines is 1. The molecular formula is C19H21N3O4S. The van der Waals surface area contributed by atoms with Crippen LogP contribution >= 0.6 is 11.8 Å². The molecule has 2 aromatic heterocycles. The molecule has 3 rings (SSSR count). The van der Waals surface area contributed by atoms with Crippen LogP contribution < -0.4 is 15.0 Å². The smallest absolute Gasteiger partial charge is 0.251 e. The Morgan fingerprint density at radius 2 is 2.00 bits per heavy atom. The number of hydrogen-bond donors (Lipinski definition) is 1. The number of rotatable bonds is 7. The lowest BCUT2D eigenvalue weighted by molar-refractivity contribution is 0.311. The van der Waals surface area contributed by atoms with E-state index in [0.717, 1.165) is 17.0 Å². The van der Waals surface area contributed by atoms with Gasteiger partial charge in [-0.1, -0.05) is 11.8 Å². The van der Waals surface area contributed by atoms with E-state index in [2.05, 4.69) is 15.0 Å². The summed E-state index contributed by atoms with van der Waals surface area (Å²) in [6.07, 6.45) is 0. The summed E-state index contributed by atoms with van der Waals surface area (Å²) >= 11 is 1.41. The van der Waals surface area contributed by atoms with E-state index >= 15 is 0 Å². The summed E-state index contributed by atoms with van der Waals surface area (Å²) in [5.41, 5.74) is 2.12. The minimum atomic E-state index is -0.163. The first-order valence-corrected chi connectivity index (χ1v) is 9.47. The topological polar surface area (TPSA) is 90.2 Å². The molecule has 1 aromatic carbocycles.